The van der Waals surface area contributed by atoms with Crippen molar-refractivity contribution in [2.45, 2.75) is 18.8 Å². The van der Waals surface area contributed by atoms with E-state index in [9.17, 15) is 13.6 Å². The predicted octanol–water partition coefficient (Wildman–Crippen LogP) is 4.71. The Hall–Kier alpha value is -3.33. The van der Waals surface area contributed by atoms with Crippen LogP contribution in [0.25, 0.3) is 17.0 Å². The van der Waals surface area contributed by atoms with E-state index < -0.39 is 5.92 Å². The number of amides is 1. The molecule has 1 aliphatic rings. The zero-order valence-corrected chi connectivity index (χ0v) is 15.6. The normalized spacial score (nSPS) is 14.2. The molecule has 7 nitrogen and oxygen atoms in total. The van der Waals surface area contributed by atoms with E-state index in [0.29, 0.717) is 33.4 Å². The van der Waals surface area contributed by atoms with Crippen LogP contribution in [0.15, 0.2) is 59.7 Å². The fraction of sp³-hybridized carbons (Fsp3) is 0.158. The van der Waals surface area contributed by atoms with Gasteiger partial charge in [0.1, 0.15) is 11.3 Å². The van der Waals surface area contributed by atoms with Crippen LogP contribution in [-0.4, -0.2) is 31.4 Å². The zero-order chi connectivity index (χ0) is 20.4. The first-order chi connectivity index (χ1) is 13.9. The highest BCUT2D eigenvalue weighted by atomic mass is 35.5. The average Bonchev–Trinajstić information content (AvgIpc) is 3.12. The van der Waals surface area contributed by atoms with Crippen molar-refractivity contribution < 1.29 is 18.1 Å². The van der Waals surface area contributed by atoms with E-state index in [0.717, 1.165) is 0 Å². The van der Waals surface area contributed by atoms with Gasteiger partial charge >= 0.3 is 0 Å². The number of hydrogen-bond acceptors (Lipinski definition) is 5. The Labute approximate surface area is 168 Å². The highest BCUT2D eigenvalue weighted by Gasteiger charge is 2.43. The summed E-state index contributed by atoms with van der Waals surface area (Å²) in [5, 5.41) is 6.97. The molecule has 1 aliphatic carbocycles. The molecule has 3 aromatic heterocycles. The lowest BCUT2D eigenvalue weighted by Crippen LogP contribution is -2.14. The van der Waals surface area contributed by atoms with E-state index >= 15 is 0 Å². The average molecular weight is 418 g/mol. The van der Waals surface area contributed by atoms with E-state index in [4.69, 9.17) is 16.1 Å². The quantitative estimate of drug-likeness (QED) is 0.522. The number of benzene rings is 1. The molecule has 0 spiro atoms. The molecule has 0 aliphatic heterocycles. The van der Waals surface area contributed by atoms with Gasteiger partial charge in [0, 0.05) is 24.6 Å². The van der Waals surface area contributed by atoms with Gasteiger partial charge in [-0.05, 0) is 30.3 Å². The summed E-state index contributed by atoms with van der Waals surface area (Å²) in [6.07, 6.45) is 4.76. The molecule has 4 aromatic rings. The van der Waals surface area contributed by atoms with Crippen LogP contribution >= 0.6 is 11.6 Å². The fourth-order valence-corrected chi connectivity index (χ4v) is 2.60. The number of hydrogen-bond donors (Lipinski definition) is 1. The van der Waals surface area contributed by atoms with Gasteiger partial charge < -0.3 is 9.84 Å². The minimum Gasteiger partial charge on any atom is -0.342 e. The molecule has 148 valence electrons. The summed E-state index contributed by atoms with van der Waals surface area (Å²) in [6, 6.07) is 10.6. The second-order valence-corrected chi connectivity index (χ2v) is 6.74. The Balaban J connectivity index is 0.000000359. The number of pyridine rings is 1. The van der Waals surface area contributed by atoms with Gasteiger partial charge in [-0.3, -0.25) is 9.20 Å². The number of nitrogens with one attached hydrogen (secondary N) is 1. The van der Waals surface area contributed by atoms with Gasteiger partial charge in [-0.15, -0.1) is 0 Å². The van der Waals surface area contributed by atoms with Gasteiger partial charge in [-0.25, -0.2) is 13.8 Å². The van der Waals surface area contributed by atoms with Gasteiger partial charge in [-0.1, -0.05) is 22.8 Å². The molecule has 1 amide bonds. The minimum atomic E-state index is -2.25. The number of aromatic nitrogens is 4. The van der Waals surface area contributed by atoms with Crippen LogP contribution in [0.1, 0.15) is 23.3 Å². The molecule has 0 saturated heterocycles. The van der Waals surface area contributed by atoms with Gasteiger partial charge in [-0.2, -0.15) is 4.98 Å². The lowest BCUT2D eigenvalue weighted by molar-refractivity contribution is 0.102. The molecular formula is C19H14ClF2N5O2. The molecule has 1 fully saturated rings. The Kier molecular flexibility index (Phi) is 4.98. The lowest BCUT2D eigenvalue weighted by atomic mass is 10.2. The third-order valence-electron chi connectivity index (χ3n) is 4.11. The van der Waals surface area contributed by atoms with Crippen LogP contribution < -0.4 is 5.32 Å². The maximum Gasteiger partial charge on any atom is 0.274 e. The first-order valence-electron chi connectivity index (χ1n) is 8.60. The van der Waals surface area contributed by atoms with Crippen molar-refractivity contribution in [1.82, 2.24) is 19.5 Å². The minimum absolute atomic E-state index is 0.118. The maximum absolute atomic E-state index is 12.6. The lowest BCUT2D eigenvalue weighted by Gasteiger charge is -2.08. The van der Waals surface area contributed by atoms with Crippen LogP contribution in [-0.2, 0) is 0 Å². The second kappa shape index (κ2) is 7.59. The second-order valence-electron chi connectivity index (χ2n) is 6.33. The summed E-state index contributed by atoms with van der Waals surface area (Å²) >= 11 is 6.18. The van der Waals surface area contributed by atoms with Crippen molar-refractivity contribution in [2.24, 2.45) is 0 Å². The monoisotopic (exact) mass is 417 g/mol. The van der Waals surface area contributed by atoms with Crippen LogP contribution in [0.3, 0.4) is 0 Å². The molecule has 1 N–H and O–H groups in total. The third-order valence-corrected chi connectivity index (χ3v) is 4.44. The number of fused-ring (bicyclic) bond motifs is 1. The third kappa shape index (κ3) is 4.40. The van der Waals surface area contributed by atoms with E-state index in [1.807, 2.05) is 18.2 Å². The molecule has 1 aromatic carbocycles. The van der Waals surface area contributed by atoms with Crippen LogP contribution in [0.5, 0.6) is 0 Å². The number of nitrogens with zero attached hydrogens (tertiary/aromatic N) is 4. The molecule has 3 heterocycles. The summed E-state index contributed by atoms with van der Waals surface area (Å²) < 4.78 is 28.7. The van der Waals surface area contributed by atoms with Gasteiger partial charge in [0.15, 0.2) is 0 Å². The number of imidazole rings is 1. The summed E-state index contributed by atoms with van der Waals surface area (Å²) in [4.78, 5) is 20.7. The molecule has 29 heavy (non-hydrogen) atoms. The Bertz CT molecular complexity index is 1150. The van der Waals surface area contributed by atoms with E-state index in [-0.39, 0.29) is 18.7 Å². The summed E-state index contributed by atoms with van der Waals surface area (Å²) in [7, 11) is 0. The van der Waals surface area contributed by atoms with Crippen LogP contribution in [0.2, 0.25) is 5.02 Å². The summed E-state index contributed by atoms with van der Waals surface area (Å²) in [6.45, 7) is 0. The number of halogens is 3. The molecule has 10 heteroatoms. The van der Waals surface area contributed by atoms with E-state index in [1.54, 1.807) is 28.8 Å². The molecule has 0 atom stereocenters. The standard InChI is InChI=1S/C16H10ClN5O2.C3H4F2/c17-11-5-4-10(15-19-9-24-21-15)7-12(11)20-16(23)13-8-18-14-3-1-2-6-22(13)14;4-3(5)1-2-3/h1-9H,(H,20,23);1-2H2. The Morgan fingerprint density at radius 1 is 1.21 bits per heavy atom. The largest absolute Gasteiger partial charge is 0.342 e. The van der Waals surface area contributed by atoms with E-state index in [2.05, 4.69) is 20.4 Å². The van der Waals surface area contributed by atoms with Crippen LogP contribution in [0, 0.1) is 0 Å². The van der Waals surface area contributed by atoms with Crippen LogP contribution in [0.4, 0.5) is 14.5 Å². The van der Waals surface area contributed by atoms with Gasteiger partial charge in [0.25, 0.3) is 5.91 Å². The first kappa shape index (κ1) is 19.0. The molecule has 5 rings (SSSR count). The number of carbonyl (C=O) groups excluding carboxylic acids is 1. The van der Waals surface area contributed by atoms with Crippen molar-refractivity contribution in [1.29, 1.82) is 0 Å². The van der Waals surface area contributed by atoms with Crippen molar-refractivity contribution in [2.75, 3.05) is 5.32 Å². The number of carbonyl (C=O) groups is 1. The van der Waals surface area contributed by atoms with Crippen molar-refractivity contribution in [3.05, 3.63) is 65.9 Å². The SMILES string of the molecule is FC1(F)CC1.O=C(Nc1cc(-c2ncon2)ccc1Cl)c1cnc2ccccn12. The Morgan fingerprint density at radius 2 is 2.00 bits per heavy atom. The van der Waals surface area contributed by atoms with Gasteiger partial charge in [0.05, 0.1) is 16.9 Å². The van der Waals surface area contributed by atoms with E-state index in [1.165, 1.54) is 12.6 Å². The van der Waals surface area contributed by atoms with Crippen molar-refractivity contribution >= 4 is 28.8 Å². The zero-order valence-electron chi connectivity index (χ0n) is 14.8. The molecular weight excluding hydrogens is 404 g/mol. The number of alkyl halides is 2. The summed E-state index contributed by atoms with van der Waals surface area (Å²) in [5.74, 6) is -2.15. The van der Waals surface area contributed by atoms with Gasteiger partial charge in [0.2, 0.25) is 18.1 Å². The molecule has 0 radical (unpaired) electrons. The number of anilines is 1. The number of rotatable bonds is 3. The molecule has 1 saturated carbocycles. The Morgan fingerprint density at radius 3 is 2.69 bits per heavy atom. The smallest absolute Gasteiger partial charge is 0.274 e. The maximum atomic E-state index is 12.6. The molecule has 0 bridgehead atoms. The van der Waals surface area contributed by atoms with Crippen molar-refractivity contribution in [3.63, 3.8) is 0 Å². The first-order valence-corrected chi connectivity index (χ1v) is 8.98. The summed E-state index contributed by atoms with van der Waals surface area (Å²) in [5.41, 5.74) is 2.23. The highest BCUT2D eigenvalue weighted by molar-refractivity contribution is 6.34. The molecule has 0 unspecified atom stereocenters. The predicted molar refractivity (Wildman–Crippen MR) is 102 cm³/mol. The fourth-order valence-electron chi connectivity index (χ4n) is 2.44. The van der Waals surface area contributed by atoms with Crippen molar-refractivity contribution in [3.8, 4) is 11.4 Å². The highest BCUT2D eigenvalue weighted by Crippen LogP contribution is 2.40. The topological polar surface area (TPSA) is 85.3 Å².